The second-order valence-electron chi connectivity index (χ2n) is 6.02. The summed E-state index contributed by atoms with van der Waals surface area (Å²) in [5.41, 5.74) is 1.46. The van der Waals surface area contributed by atoms with Crippen molar-refractivity contribution in [3.05, 3.63) is 66.0 Å². The van der Waals surface area contributed by atoms with Gasteiger partial charge in [-0.15, -0.1) is 0 Å². The van der Waals surface area contributed by atoms with E-state index in [1.54, 1.807) is 18.1 Å². The molecular weight excluding hydrogens is 316 g/mol. The molecule has 25 heavy (non-hydrogen) atoms. The average molecular weight is 334 g/mol. The lowest BCUT2D eigenvalue weighted by Crippen LogP contribution is -2.27. The molecule has 1 aliphatic rings. The quantitative estimate of drug-likeness (QED) is 0.738. The van der Waals surface area contributed by atoms with E-state index in [-0.39, 0.29) is 5.91 Å². The maximum Gasteiger partial charge on any atom is 0.273 e. The fraction of sp³-hybridized carbons (Fsp3) is 0.200. The molecular formula is C20H18N2O3. The first-order valence-electron chi connectivity index (χ1n) is 8.20. The summed E-state index contributed by atoms with van der Waals surface area (Å²) in [6.07, 6.45) is 1.67. The molecule has 0 atom stereocenters. The van der Waals surface area contributed by atoms with Crippen LogP contribution in [0.5, 0.6) is 11.5 Å². The SMILES string of the molecule is CN(Cc1ccc2c(c1)OCCO2)C(=O)c1nccc2ccccc12. The van der Waals surface area contributed by atoms with E-state index < -0.39 is 0 Å². The zero-order valence-corrected chi connectivity index (χ0v) is 13.9. The third kappa shape index (κ3) is 3.01. The molecule has 0 aliphatic carbocycles. The average Bonchev–Trinajstić information content (AvgIpc) is 2.67. The van der Waals surface area contributed by atoms with Gasteiger partial charge in [0.1, 0.15) is 18.9 Å². The number of pyridine rings is 1. The summed E-state index contributed by atoms with van der Waals surface area (Å²) in [6, 6.07) is 15.5. The Morgan fingerprint density at radius 1 is 1.08 bits per heavy atom. The summed E-state index contributed by atoms with van der Waals surface area (Å²) < 4.78 is 11.1. The molecule has 0 saturated heterocycles. The standard InChI is InChI=1S/C20H18N2O3/c1-22(13-14-6-7-17-18(12-14)25-11-10-24-17)20(23)19-16-5-3-2-4-15(16)8-9-21-19/h2-9,12H,10-11,13H2,1H3. The van der Waals surface area contributed by atoms with Crippen LogP contribution in [0.3, 0.4) is 0 Å². The van der Waals surface area contributed by atoms with Gasteiger partial charge in [-0.2, -0.15) is 0 Å². The Morgan fingerprint density at radius 2 is 1.88 bits per heavy atom. The minimum atomic E-state index is -0.105. The molecule has 0 saturated carbocycles. The topological polar surface area (TPSA) is 51.7 Å². The van der Waals surface area contributed by atoms with Crippen molar-refractivity contribution in [2.24, 2.45) is 0 Å². The molecule has 5 nitrogen and oxygen atoms in total. The lowest BCUT2D eigenvalue weighted by molar-refractivity contribution is 0.0781. The molecule has 126 valence electrons. The van der Waals surface area contributed by atoms with Gasteiger partial charge in [-0.1, -0.05) is 30.3 Å². The summed E-state index contributed by atoms with van der Waals surface area (Å²) >= 11 is 0. The second-order valence-corrected chi connectivity index (χ2v) is 6.02. The zero-order chi connectivity index (χ0) is 17.2. The predicted octanol–water partition coefficient (Wildman–Crippen LogP) is 3.28. The van der Waals surface area contributed by atoms with E-state index in [0.717, 1.165) is 27.8 Å². The van der Waals surface area contributed by atoms with Crippen LogP contribution in [0.15, 0.2) is 54.7 Å². The van der Waals surface area contributed by atoms with Crippen LogP contribution < -0.4 is 9.47 Å². The lowest BCUT2D eigenvalue weighted by atomic mass is 10.1. The van der Waals surface area contributed by atoms with Gasteiger partial charge in [0.15, 0.2) is 11.5 Å². The molecule has 3 aromatic rings. The Kier molecular flexibility index (Phi) is 3.98. The molecule has 2 aromatic carbocycles. The van der Waals surface area contributed by atoms with E-state index in [4.69, 9.17) is 9.47 Å². The van der Waals surface area contributed by atoms with Crippen LogP contribution in [-0.4, -0.2) is 36.1 Å². The monoisotopic (exact) mass is 334 g/mol. The molecule has 1 aromatic heterocycles. The Balaban J connectivity index is 1.58. The van der Waals surface area contributed by atoms with E-state index in [1.165, 1.54) is 0 Å². The number of hydrogen-bond donors (Lipinski definition) is 0. The smallest absolute Gasteiger partial charge is 0.273 e. The summed E-state index contributed by atoms with van der Waals surface area (Å²) in [5, 5.41) is 1.87. The van der Waals surface area contributed by atoms with Gasteiger partial charge in [0.05, 0.1) is 0 Å². The first kappa shape index (κ1) is 15.4. The van der Waals surface area contributed by atoms with Crippen LogP contribution >= 0.6 is 0 Å². The largest absolute Gasteiger partial charge is 0.486 e. The van der Waals surface area contributed by atoms with Crippen molar-refractivity contribution >= 4 is 16.7 Å². The zero-order valence-electron chi connectivity index (χ0n) is 13.9. The van der Waals surface area contributed by atoms with Crippen LogP contribution in [0.1, 0.15) is 16.1 Å². The first-order valence-corrected chi connectivity index (χ1v) is 8.20. The Morgan fingerprint density at radius 3 is 2.76 bits per heavy atom. The highest BCUT2D eigenvalue weighted by Gasteiger charge is 2.18. The van der Waals surface area contributed by atoms with Crippen molar-refractivity contribution in [1.82, 2.24) is 9.88 Å². The summed E-state index contributed by atoms with van der Waals surface area (Å²) in [7, 11) is 1.78. The fourth-order valence-corrected chi connectivity index (χ4v) is 3.00. The van der Waals surface area contributed by atoms with Gasteiger partial charge in [-0.05, 0) is 29.1 Å². The summed E-state index contributed by atoms with van der Waals surface area (Å²) in [6.45, 7) is 1.59. The van der Waals surface area contributed by atoms with Gasteiger partial charge in [0.25, 0.3) is 5.91 Å². The van der Waals surface area contributed by atoms with Crippen LogP contribution in [0.25, 0.3) is 10.8 Å². The number of ether oxygens (including phenoxy) is 2. The molecule has 1 amide bonds. The molecule has 5 heteroatoms. The second kappa shape index (κ2) is 6.43. The van der Waals surface area contributed by atoms with Crippen LogP contribution in [-0.2, 0) is 6.54 Å². The fourth-order valence-electron chi connectivity index (χ4n) is 3.00. The van der Waals surface area contributed by atoms with Crippen LogP contribution in [0.4, 0.5) is 0 Å². The highest BCUT2D eigenvalue weighted by Crippen LogP contribution is 2.31. The molecule has 0 unspecified atom stereocenters. The lowest BCUT2D eigenvalue weighted by Gasteiger charge is -2.21. The molecule has 2 heterocycles. The molecule has 0 bridgehead atoms. The van der Waals surface area contributed by atoms with Gasteiger partial charge in [0, 0.05) is 25.2 Å². The van der Waals surface area contributed by atoms with Crippen molar-refractivity contribution in [2.75, 3.05) is 20.3 Å². The molecule has 0 spiro atoms. The number of rotatable bonds is 3. The molecule has 0 radical (unpaired) electrons. The maximum atomic E-state index is 12.9. The first-order chi connectivity index (χ1) is 12.2. The van der Waals surface area contributed by atoms with Gasteiger partial charge in [-0.25, -0.2) is 0 Å². The molecule has 1 aliphatic heterocycles. The summed E-state index contributed by atoms with van der Waals surface area (Å²) in [4.78, 5) is 18.8. The summed E-state index contributed by atoms with van der Waals surface area (Å²) in [5.74, 6) is 1.37. The van der Waals surface area contributed by atoms with Crippen molar-refractivity contribution < 1.29 is 14.3 Å². The minimum absolute atomic E-state index is 0.105. The van der Waals surface area contributed by atoms with Crippen LogP contribution in [0.2, 0.25) is 0 Å². The molecule has 4 rings (SSSR count). The molecule has 0 fully saturated rings. The number of benzene rings is 2. The van der Waals surface area contributed by atoms with Gasteiger partial charge in [0.2, 0.25) is 0 Å². The third-order valence-corrected chi connectivity index (χ3v) is 4.25. The number of nitrogens with zero attached hydrogens (tertiary/aromatic N) is 2. The minimum Gasteiger partial charge on any atom is -0.486 e. The van der Waals surface area contributed by atoms with Crippen LogP contribution in [0, 0.1) is 0 Å². The Labute approximate surface area is 145 Å². The van der Waals surface area contributed by atoms with E-state index in [0.29, 0.717) is 25.5 Å². The van der Waals surface area contributed by atoms with Gasteiger partial charge in [-0.3, -0.25) is 9.78 Å². The van der Waals surface area contributed by atoms with Gasteiger partial charge >= 0.3 is 0 Å². The van der Waals surface area contributed by atoms with E-state index >= 15 is 0 Å². The van der Waals surface area contributed by atoms with Crippen molar-refractivity contribution in [3.63, 3.8) is 0 Å². The number of aromatic nitrogens is 1. The van der Waals surface area contributed by atoms with Crippen molar-refractivity contribution in [1.29, 1.82) is 0 Å². The number of carbonyl (C=O) groups excluding carboxylic acids is 1. The highest BCUT2D eigenvalue weighted by molar-refractivity contribution is 6.04. The highest BCUT2D eigenvalue weighted by atomic mass is 16.6. The van der Waals surface area contributed by atoms with E-state index in [1.807, 2.05) is 48.5 Å². The van der Waals surface area contributed by atoms with Crippen molar-refractivity contribution in [3.8, 4) is 11.5 Å². The Hall–Kier alpha value is -3.08. The van der Waals surface area contributed by atoms with Crippen molar-refractivity contribution in [2.45, 2.75) is 6.54 Å². The molecule has 0 N–H and O–H groups in total. The normalized spacial score (nSPS) is 12.8. The third-order valence-electron chi connectivity index (χ3n) is 4.25. The number of hydrogen-bond acceptors (Lipinski definition) is 4. The van der Waals surface area contributed by atoms with Gasteiger partial charge < -0.3 is 14.4 Å². The number of fused-ring (bicyclic) bond motifs is 2. The number of amides is 1. The van der Waals surface area contributed by atoms with E-state index in [2.05, 4.69) is 4.98 Å². The number of carbonyl (C=O) groups is 1. The Bertz CT molecular complexity index is 934. The maximum absolute atomic E-state index is 12.9. The predicted molar refractivity (Wildman–Crippen MR) is 95.0 cm³/mol. The van der Waals surface area contributed by atoms with E-state index in [9.17, 15) is 4.79 Å².